The third-order valence-corrected chi connectivity index (χ3v) is 3.50. The van der Waals surface area contributed by atoms with E-state index in [1.165, 1.54) is 33.6 Å². The molecule has 0 aliphatic carbocycles. The van der Waals surface area contributed by atoms with Crippen LogP contribution in [0.3, 0.4) is 0 Å². The minimum Gasteiger partial charge on any atom is -0.496 e. The van der Waals surface area contributed by atoms with E-state index in [-0.39, 0.29) is 16.8 Å². The van der Waals surface area contributed by atoms with Crippen LogP contribution in [0.5, 0.6) is 17.2 Å². The smallest absolute Gasteiger partial charge is 0.251 e. The number of H-pyrrole nitrogens is 2. The second-order valence-electron chi connectivity index (χ2n) is 5.03. The van der Waals surface area contributed by atoms with Gasteiger partial charge in [0.25, 0.3) is 5.56 Å². The van der Waals surface area contributed by atoms with E-state index in [4.69, 9.17) is 26.4 Å². The van der Waals surface area contributed by atoms with Crippen LogP contribution in [-0.4, -0.2) is 43.4 Å². The fraction of sp³-hybridized carbons (Fsp3) is 0.250. The molecule has 0 saturated heterocycles. The van der Waals surface area contributed by atoms with Gasteiger partial charge in [0.15, 0.2) is 16.3 Å². The minimum absolute atomic E-state index is 0.0754. The fourth-order valence-electron chi connectivity index (χ4n) is 2.15. The summed E-state index contributed by atoms with van der Waals surface area (Å²) in [6.45, 7) is 0. The maximum atomic E-state index is 11.9. The van der Waals surface area contributed by atoms with Crippen LogP contribution in [0, 0.1) is 4.77 Å². The molecule has 10 heteroatoms. The van der Waals surface area contributed by atoms with Crippen molar-refractivity contribution in [2.24, 2.45) is 5.10 Å². The van der Waals surface area contributed by atoms with Crippen LogP contribution >= 0.6 is 12.2 Å². The van der Waals surface area contributed by atoms with Gasteiger partial charge in [0.05, 0.1) is 34.0 Å². The van der Waals surface area contributed by atoms with Gasteiger partial charge in [0, 0.05) is 23.4 Å². The van der Waals surface area contributed by atoms with Crippen molar-refractivity contribution in [3.05, 3.63) is 44.6 Å². The normalized spacial score (nSPS) is 10.6. The molecule has 0 saturated carbocycles. The highest BCUT2D eigenvalue weighted by Crippen LogP contribution is 2.33. The third-order valence-electron chi connectivity index (χ3n) is 3.30. The molecule has 0 radical (unpaired) electrons. The van der Waals surface area contributed by atoms with Crippen LogP contribution in [0.4, 0.5) is 0 Å². The van der Waals surface area contributed by atoms with Crippen LogP contribution in [0.2, 0.25) is 0 Å². The lowest BCUT2D eigenvalue weighted by atomic mass is 10.2. The Hall–Kier alpha value is -3.14. The van der Waals surface area contributed by atoms with Crippen LogP contribution in [-0.2, 0) is 11.2 Å². The van der Waals surface area contributed by atoms with Crippen molar-refractivity contribution >= 4 is 24.3 Å². The standard InChI is InChI=1S/C16H18N4O5S/c1-23-11-7-13(25-3)12(24-2)4-9(11)8-17-20-15(22)6-10-5-14(21)19-16(26)18-10/h4-5,7-8H,6H2,1-3H3,(H,20,22)(H2,18,19,21,26)/b17-8-. The van der Waals surface area contributed by atoms with Crippen molar-refractivity contribution in [3.8, 4) is 17.2 Å². The summed E-state index contributed by atoms with van der Waals surface area (Å²) in [4.78, 5) is 28.4. The molecule has 1 aromatic heterocycles. The first-order valence-corrected chi connectivity index (χ1v) is 7.82. The number of nitrogens with zero attached hydrogens (tertiary/aromatic N) is 1. The van der Waals surface area contributed by atoms with Gasteiger partial charge in [0.2, 0.25) is 5.91 Å². The topological polar surface area (TPSA) is 118 Å². The Morgan fingerprint density at radius 1 is 1.12 bits per heavy atom. The Balaban J connectivity index is 2.10. The first kappa shape index (κ1) is 19.2. The minimum atomic E-state index is -0.419. The number of carbonyl (C=O) groups excluding carboxylic acids is 1. The predicted molar refractivity (Wildman–Crippen MR) is 97.8 cm³/mol. The van der Waals surface area contributed by atoms with E-state index < -0.39 is 5.91 Å². The van der Waals surface area contributed by atoms with E-state index >= 15 is 0 Å². The van der Waals surface area contributed by atoms with E-state index in [2.05, 4.69) is 20.5 Å². The van der Waals surface area contributed by atoms with Gasteiger partial charge in [-0.15, -0.1) is 0 Å². The SMILES string of the molecule is COc1cc(OC)c(OC)cc1/C=N\NC(=O)Cc1cc(=O)[nH]c(=S)[nH]1. The number of hydrogen-bond acceptors (Lipinski definition) is 7. The van der Waals surface area contributed by atoms with E-state index in [9.17, 15) is 9.59 Å². The molecule has 26 heavy (non-hydrogen) atoms. The number of aromatic amines is 2. The third kappa shape index (κ3) is 4.93. The average Bonchev–Trinajstić information content (AvgIpc) is 2.60. The lowest BCUT2D eigenvalue weighted by Gasteiger charge is -2.11. The monoisotopic (exact) mass is 378 g/mol. The first-order chi connectivity index (χ1) is 12.5. The summed E-state index contributed by atoms with van der Waals surface area (Å²) >= 11 is 4.85. The first-order valence-electron chi connectivity index (χ1n) is 7.41. The van der Waals surface area contributed by atoms with Gasteiger partial charge >= 0.3 is 0 Å². The summed E-state index contributed by atoms with van der Waals surface area (Å²) < 4.78 is 15.9. The molecule has 9 nitrogen and oxygen atoms in total. The summed E-state index contributed by atoms with van der Waals surface area (Å²) in [5, 5.41) is 3.90. The van der Waals surface area contributed by atoms with E-state index in [1.54, 1.807) is 12.1 Å². The van der Waals surface area contributed by atoms with E-state index in [0.717, 1.165) is 0 Å². The van der Waals surface area contributed by atoms with Crippen LogP contribution in [0.25, 0.3) is 0 Å². The summed E-state index contributed by atoms with van der Waals surface area (Å²) in [5.74, 6) is 1.09. The molecule has 1 amide bonds. The summed E-state index contributed by atoms with van der Waals surface area (Å²) in [5.41, 5.74) is 2.96. The number of amides is 1. The largest absolute Gasteiger partial charge is 0.496 e. The lowest BCUT2D eigenvalue weighted by molar-refractivity contribution is -0.120. The molecular formula is C16H18N4O5S. The van der Waals surface area contributed by atoms with Crippen LogP contribution in [0.15, 0.2) is 28.1 Å². The summed E-state index contributed by atoms with van der Waals surface area (Å²) in [6, 6.07) is 4.58. The van der Waals surface area contributed by atoms with Crippen molar-refractivity contribution in [1.82, 2.24) is 15.4 Å². The molecule has 1 heterocycles. The molecule has 0 aliphatic heterocycles. The average molecular weight is 378 g/mol. The van der Waals surface area contributed by atoms with Crippen LogP contribution < -0.4 is 25.2 Å². The highest BCUT2D eigenvalue weighted by Gasteiger charge is 2.10. The zero-order valence-electron chi connectivity index (χ0n) is 14.4. The number of carbonyl (C=O) groups is 1. The van der Waals surface area contributed by atoms with E-state index in [0.29, 0.717) is 28.5 Å². The molecule has 0 atom stereocenters. The Bertz CT molecular complexity index is 907. The molecule has 0 unspecified atom stereocenters. The highest BCUT2D eigenvalue weighted by atomic mass is 32.1. The maximum absolute atomic E-state index is 11.9. The molecule has 0 aliphatic rings. The number of aromatic nitrogens is 2. The molecule has 1 aromatic carbocycles. The quantitative estimate of drug-likeness (QED) is 0.378. The summed E-state index contributed by atoms with van der Waals surface area (Å²) in [6.07, 6.45) is 1.34. The number of nitrogens with one attached hydrogen (secondary N) is 3. The number of rotatable bonds is 7. The number of hydrazone groups is 1. The Morgan fingerprint density at radius 3 is 2.38 bits per heavy atom. The van der Waals surface area contributed by atoms with Crippen molar-refractivity contribution in [2.45, 2.75) is 6.42 Å². The van der Waals surface area contributed by atoms with Gasteiger partial charge in [-0.1, -0.05) is 0 Å². The Morgan fingerprint density at radius 2 is 1.77 bits per heavy atom. The predicted octanol–water partition coefficient (Wildman–Crippen LogP) is 1.15. The summed E-state index contributed by atoms with van der Waals surface area (Å²) in [7, 11) is 4.54. The van der Waals surface area contributed by atoms with Gasteiger partial charge in [-0.2, -0.15) is 5.10 Å². The second kappa shape index (κ2) is 8.81. The van der Waals surface area contributed by atoms with Crippen molar-refractivity contribution in [3.63, 3.8) is 0 Å². The molecule has 0 spiro atoms. The molecule has 138 valence electrons. The van der Waals surface area contributed by atoms with Crippen molar-refractivity contribution in [2.75, 3.05) is 21.3 Å². The van der Waals surface area contributed by atoms with Crippen molar-refractivity contribution < 1.29 is 19.0 Å². The van der Waals surface area contributed by atoms with Gasteiger partial charge in [-0.05, 0) is 18.3 Å². The van der Waals surface area contributed by atoms with E-state index in [1.807, 2.05) is 0 Å². The fourth-order valence-corrected chi connectivity index (χ4v) is 2.39. The van der Waals surface area contributed by atoms with Gasteiger partial charge in [-0.25, -0.2) is 5.43 Å². The van der Waals surface area contributed by atoms with Crippen LogP contribution in [0.1, 0.15) is 11.3 Å². The maximum Gasteiger partial charge on any atom is 0.251 e. The van der Waals surface area contributed by atoms with Gasteiger partial charge < -0.3 is 19.2 Å². The number of benzene rings is 1. The van der Waals surface area contributed by atoms with Crippen molar-refractivity contribution in [1.29, 1.82) is 0 Å². The number of methoxy groups -OCH3 is 3. The molecule has 0 bridgehead atoms. The molecule has 0 fully saturated rings. The van der Waals surface area contributed by atoms with Gasteiger partial charge in [0.1, 0.15) is 5.75 Å². The zero-order valence-corrected chi connectivity index (χ0v) is 15.2. The molecule has 2 aromatic rings. The molecule has 2 rings (SSSR count). The highest BCUT2D eigenvalue weighted by molar-refractivity contribution is 7.71. The number of ether oxygens (including phenoxy) is 3. The Kier molecular flexibility index (Phi) is 6.50. The second-order valence-corrected chi connectivity index (χ2v) is 5.44. The number of hydrogen-bond donors (Lipinski definition) is 3. The zero-order chi connectivity index (χ0) is 19.1. The Labute approximate surface area is 154 Å². The molecular weight excluding hydrogens is 360 g/mol. The van der Waals surface area contributed by atoms with Gasteiger partial charge in [-0.3, -0.25) is 14.6 Å². The lowest BCUT2D eigenvalue weighted by Crippen LogP contribution is -2.21. The molecule has 3 N–H and O–H groups in total.